The Hall–Kier alpha value is -1.25. The van der Waals surface area contributed by atoms with Crippen molar-refractivity contribution in [2.75, 3.05) is 30.4 Å². The molecule has 3 heteroatoms. The number of rotatable bonds is 3. The van der Waals surface area contributed by atoms with Gasteiger partial charge in [0.2, 0.25) is 0 Å². The number of hydrogen-bond acceptors (Lipinski definition) is 2. The van der Waals surface area contributed by atoms with Crippen molar-refractivity contribution in [1.82, 2.24) is 0 Å². The molecule has 1 aliphatic heterocycles. The minimum absolute atomic E-state index is 0.242. The van der Waals surface area contributed by atoms with Crippen molar-refractivity contribution in [1.29, 1.82) is 0 Å². The van der Waals surface area contributed by atoms with E-state index in [2.05, 4.69) is 11.0 Å². The monoisotopic (exact) mass is 194 g/mol. The zero-order chi connectivity index (χ0) is 9.97. The summed E-state index contributed by atoms with van der Waals surface area (Å²) in [5.41, 5.74) is 9.15. The van der Waals surface area contributed by atoms with Crippen LogP contribution in [0.25, 0.3) is 0 Å². The summed E-state index contributed by atoms with van der Waals surface area (Å²) >= 11 is 0. The Morgan fingerprint density at radius 3 is 3.07 bits per heavy atom. The molecule has 0 saturated carbocycles. The van der Waals surface area contributed by atoms with Gasteiger partial charge in [-0.1, -0.05) is 6.07 Å². The van der Waals surface area contributed by atoms with E-state index >= 15 is 0 Å². The zero-order valence-corrected chi connectivity index (χ0v) is 8.17. The van der Waals surface area contributed by atoms with Crippen molar-refractivity contribution in [3.05, 3.63) is 23.8 Å². The molecule has 2 N–H and O–H groups in total. The fourth-order valence-electron chi connectivity index (χ4n) is 2.01. The van der Waals surface area contributed by atoms with Crippen LogP contribution in [0.15, 0.2) is 18.2 Å². The lowest BCUT2D eigenvalue weighted by molar-refractivity contribution is 0.472. The van der Waals surface area contributed by atoms with Gasteiger partial charge in [0, 0.05) is 30.0 Å². The van der Waals surface area contributed by atoms with E-state index in [0.717, 1.165) is 25.2 Å². The Morgan fingerprint density at radius 2 is 2.29 bits per heavy atom. The number of nitrogens with two attached hydrogens (primary N) is 1. The molecule has 0 saturated heterocycles. The topological polar surface area (TPSA) is 29.3 Å². The molecule has 0 aromatic heterocycles. The van der Waals surface area contributed by atoms with E-state index in [1.165, 1.54) is 11.3 Å². The van der Waals surface area contributed by atoms with Gasteiger partial charge in [0.1, 0.15) is 0 Å². The van der Waals surface area contributed by atoms with Crippen molar-refractivity contribution in [3.8, 4) is 0 Å². The first-order chi connectivity index (χ1) is 6.83. The number of benzene rings is 1. The van der Waals surface area contributed by atoms with Crippen molar-refractivity contribution in [2.45, 2.75) is 12.8 Å². The summed E-state index contributed by atoms with van der Waals surface area (Å²) in [7, 11) is 0. The fraction of sp³-hybridized carbons (Fsp3) is 0.455. The second kappa shape index (κ2) is 3.86. The third-order valence-electron chi connectivity index (χ3n) is 2.72. The van der Waals surface area contributed by atoms with Gasteiger partial charge in [-0.15, -0.1) is 0 Å². The third kappa shape index (κ3) is 1.54. The Kier molecular flexibility index (Phi) is 2.57. The van der Waals surface area contributed by atoms with E-state index in [1.54, 1.807) is 0 Å². The van der Waals surface area contributed by atoms with Crippen LogP contribution >= 0.6 is 0 Å². The van der Waals surface area contributed by atoms with Crippen LogP contribution in [0, 0.1) is 0 Å². The first-order valence-corrected chi connectivity index (χ1v) is 5.01. The lowest BCUT2D eigenvalue weighted by atomic mass is 10.1. The van der Waals surface area contributed by atoms with E-state index in [0.29, 0.717) is 6.42 Å². The van der Waals surface area contributed by atoms with Gasteiger partial charge in [-0.2, -0.15) is 0 Å². The number of alkyl halides is 1. The Bertz CT molecular complexity index is 325. The Morgan fingerprint density at radius 1 is 1.43 bits per heavy atom. The van der Waals surface area contributed by atoms with Crippen LogP contribution in [0.5, 0.6) is 0 Å². The molecule has 0 atom stereocenters. The van der Waals surface area contributed by atoms with Crippen molar-refractivity contribution < 1.29 is 4.39 Å². The summed E-state index contributed by atoms with van der Waals surface area (Å²) in [5.74, 6) is 0. The minimum Gasteiger partial charge on any atom is -0.398 e. The lowest BCUT2D eigenvalue weighted by Gasteiger charge is -2.18. The average Bonchev–Trinajstić information content (AvgIpc) is 2.60. The Balaban J connectivity index is 2.18. The largest absolute Gasteiger partial charge is 0.398 e. The number of fused-ring (bicyclic) bond motifs is 1. The van der Waals surface area contributed by atoms with Gasteiger partial charge in [-0.25, -0.2) is 0 Å². The van der Waals surface area contributed by atoms with Crippen LogP contribution in [0.3, 0.4) is 0 Å². The molecule has 1 aromatic rings. The summed E-state index contributed by atoms with van der Waals surface area (Å²) in [6, 6.07) is 5.95. The molecule has 0 bridgehead atoms. The Labute approximate surface area is 83.5 Å². The van der Waals surface area contributed by atoms with Gasteiger partial charge in [-0.05, 0) is 25.0 Å². The van der Waals surface area contributed by atoms with Crippen LogP contribution in [0.1, 0.15) is 12.0 Å². The summed E-state index contributed by atoms with van der Waals surface area (Å²) in [5, 5.41) is 0. The molecule has 0 unspecified atom stereocenters. The molecule has 76 valence electrons. The molecule has 1 aliphatic rings. The van der Waals surface area contributed by atoms with Crippen molar-refractivity contribution >= 4 is 11.4 Å². The molecule has 0 fully saturated rings. The number of nitrogens with zero attached hydrogens (tertiary/aromatic N) is 1. The molecule has 2 rings (SSSR count). The average molecular weight is 194 g/mol. The fourth-order valence-corrected chi connectivity index (χ4v) is 2.01. The second-order valence-corrected chi connectivity index (χ2v) is 3.62. The molecule has 0 amide bonds. The highest BCUT2D eigenvalue weighted by Crippen LogP contribution is 2.31. The maximum absolute atomic E-state index is 12.1. The van der Waals surface area contributed by atoms with Gasteiger partial charge in [0.15, 0.2) is 0 Å². The van der Waals surface area contributed by atoms with E-state index < -0.39 is 0 Å². The summed E-state index contributed by atoms with van der Waals surface area (Å²) in [6.45, 7) is 1.53. The number of hydrogen-bond donors (Lipinski definition) is 1. The molecular formula is C11H15FN2. The quantitative estimate of drug-likeness (QED) is 0.746. The predicted molar refractivity (Wildman–Crippen MR) is 57.4 cm³/mol. The van der Waals surface area contributed by atoms with Gasteiger partial charge < -0.3 is 10.6 Å². The SMILES string of the molecule is Nc1cccc2c1CCN2CCCF. The van der Waals surface area contributed by atoms with E-state index in [1.807, 2.05) is 12.1 Å². The standard InChI is InChI=1S/C11H15FN2/c12-6-2-7-14-8-5-9-10(13)3-1-4-11(9)14/h1,3-4H,2,5-8,13H2. The normalized spacial score (nSPS) is 14.5. The maximum atomic E-state index is 12.1. The highest BCUT2D eigenvalue weighted by atomic mass is 19.1. The van der Waals surface area contributed by atoms with Gasteiger partial charge >= 0.3 is 0 Å². The summed E-state index contributed by atoms with van der Waals surface area (Å²) in [4.78, 5) is 2.21. The van der Waals surface area contributed by atoms with E-state index in [4.69, 9.17) is 5.73 Å². The van der Waals surface area contributed by atoms with Crippen LogP contribution in [0.4, 0.5) is 15.8 Å². The van der Waals surface area contributed by atoms with Crippen LogP contribution < -0.4 is 10.6 Å². The molecule has 0 aliphatic carbocycles. The summed E-state index contributed by atoms with van der Waals surface area (Å²) < 4.78 is 12.1. The molecular weight excluding hydrogens is 179 g/mol. The lowest BCUT2D eigenvalue weighted by Crippen LogP contribution is -2.21. The molecule has 0 spiro atoms. The molecule has 0 radical (unpaired) electrons. The third-order valence-corrected chi connectivity index (χ3v) is 2.72. The molecule has 1 heterocycles. The molecule has 1 aromatic carbocycles. The number of halogens is 1. The first-order valence-electron chi connectivity index (χ1n) is 5.01. The van der Waals surface area contributed by atoms with Gasteiger partial charge in [0.05, 0.1) is 6.67 Å². The van der Waals surface area contributed by atoms with Crippen LogP contribution in [0.2, 0.25) is 0 Å². The van der Waals surface area contributed by atoms with Crippen molar-refractivity contribution in [2.24, 2.45) is 0 Å². The second-order valence-electron chi connectivity index (χ2n) is 3.62. The number of anilines is 2. The zero-order valence-electron chi connectivity index (χ0n) is 8.17. The van der Waals surface area contributed by atoms with Crippen LogP contribution in [-0.2, 0) is 6.42 Å². The molecule has 2 nitrogen and oxygen atoms in total. The maximum Gasteiger partial charge on any atom is 0.0911 e. The van der Waals surface area contributed by atoms with Gasteiger partial charge in [-0.3, -0.25) is 4.39 Å². The predicted octanol–water partition coefficient (Wildman–Crippen LogP) is 1.99. The van der Waals surface area contributed by atoms with E-state index in [9.17, 15) is 4.39 Å². The smallest absolute Gasteiger partial charge is 0.0911 e. The highest BCUT2D eigenvalue weighted by molar-refractivity contribution is 5.68. The first kappa shape index (κ1) is 9.31. The number of nitrogen functional groups attached to an aromatic ring is 1. The summed E-state index contributed by atoms with van der Waals surface area (Å²) in [6.07, 6.45) is 1.60. The highest BCUT2D eigenvalue weighted by Gasteiger charge is 2.19. The minimum atomic E-state index is -0.242. The van der Waals surface area contributed by atoms with Crippen molar-refractivity contribution in [3.63, 3.8) is 0 Å². The molecule has 14 heavy (non-hydrogen) atoms. The van der Waals surface area contributed by atoms with Gasteiger partial charge in [0.25, 0.3) is 0 Å². The van der Waals surface area contributed by atoms with E-state index in [-0.39, 0.29) is 6.67 Å². The van der Waals surface area contributed by atoms with Crippen LogP contribution in [-0.4, -0.2) is 19.8 Å².